The van der Waals surface area contributed by atoms with Crippen molar-refractivity contribution in [1.29, 1.82) is 0 Å². The van der Waals surface area contributed by atoms with Crippen molar-refractivity contribution in [2.24, 2.45) is 0 Å². The lowest BCUT2D eigenvalue weighted by Crippen LogP contribution is -2.16. The Hall–Kier alpha value is -2.14. The van der Waals surface area contributed by atoms with Crippen molar-refractivity contribution >= 4 is 29.1 Å². The quantitative estimate of drug-likeness (QED) is 0.944. The van der Waals surface area contributed by atoms with E-state index in [1.54, 1.807) is 17.0 Å². The van der Waals surface area contributed by atoms with E-state index in [0.29, 0.717) is 22.2 Å². The second kappa shape index (κ2) is 5.88. The first-order chi connectivity index (χ1) is 9.47. The monoisotopic (exact) mass is 290 g/mol. The fourth-order valence-corrected chi connectivity index (χ4v) is 1.76. The smallest absolute Gasteiger partial charge is 0.258 e. The van der Waals surface area contributed by atoms with Crippen molar-refractivity contribution in [2.45, 2.75) is 6.92 Å². The zero-order chi connectivity index (χ0) is 14.7. The maximum Gasteiger partial charge on any atom is 0.258 e. The van der Waals surface area contributed by atoms with Crippen LogP contribution in [0.4, 0.5) is 11.6 Å². The standard InChI is InChI=1S/C14H15ClN4O/c1-9-4-5-11(15)6-12(9)18-13(20)10-7-16-14(17-8-10)19(2)3/h4-8H,1-3H3,(H,18,20). The number of benzene rings is 1. The van der Waals surface area contributed by atoms with Crippen molar-refractivity contribution in [1.82, 2.24) is 9.97 Å². The van der Waals surface area contributed by atoms with E-state index in [9.17, 15) is 4.79 Å². The lowest BCUT2D eigenvalue weighted by atomic mass is 10.2. The third-order valence-electron chi connectivity index (χ3n) is 2.75. The fraction of sp³-hybridized carbons (Fsp3) is 0.214. The molecular formula is C14H15ClN4O. The van der Waals surface area contributed by atoms with Crippen LogP contribution in [0.2, 0.25) is 5.02 Å². The number of hydrogen-bond donors (Lipinski definition) is 1. The third-order valence-corrected chi connectivity index (χ3v) is 2.98. The highest BCUT2D eigenvalue weighted by Crippen LogP contribution is 2.20. The highest BCUT2D eigenvalue weighted by Gasteiger charge is 2.10. The Morgan fingerprint density at radius 1 is 1.25 bits per heavy atom. The Labute approximate surface area is 122 Å². The van der Waals surface area contributed by atoms with E-state index < -0.39 is 0 Å². The van der Waals surface area contributed by atoms with Crippen LogP contribution >= 0.6 is 11.6 Å². The van der Waals surface area contributed by atoms with Gasteiger partial charge in [-0.1, -0.05) is 17.7 Å². The maximum absolute atomic E-state index is 12.1. The summed E-state index contributed by atoms with van der Waals surface area (Å²) in [7, 11) is 3.68. The molecule has 1 N–H and O–H groups in total. The lowest BCUT2D eigenvalue weighted by Gasteiger charge is -2.11. The highest BCUT2D eigenvalue weighted by molar-refractivity contribution is 6.31. The van der Waals surface area contributed by atoms with Gasteiger partial charge in [0, 0.05) is 37.2 Å². The molecule has 0 atom stereocenters. The Morgan fingerprint density at radius 2 is 1.90 bits per heavy atom. The van der Waals surface area contributed by atoms with Crippen LogP contribution in [0.5, 0.6) is 0 Å². The SMILES string of the molecule is Cc1ccc(Cl)cc1NC(=O)c1cnc(N(C)C)nc1. The van der Waals surface area contributed by atoms with E-state index in [4.69, 9.17) is 11.6 Å². The average molecular weight is 291 g/mol. The van der Waals surface area contributed by atoms with E-state index in [1.165, 1.54) is 12.4 Å². The van der Waals surface area contributed by atoms with E-state index in [2.05, 4.69) is 15.3 Å². The highest BCUT2D eigenvalue weighted by atomic mass is 35.5. The molecule has 6 heteroatoms. The summed E-state index contributed by atoms with van der Waals surface area (Å²) in [5.74, 6) is 0.293. The van der Waals surface area contributed by atoms with E-state index in [1.807, 2.05) is 27.1 Å². The van der Waals surface area contributed by atoms with Crippen molar-refractivity contribution < 1.29 is 4.79 Å². The molecule has 0 aliphatic carbocycles. The molecule has 0 spiro atoms. The van der Waals surface area contributed by atoms with Crippen LogP contribution in [0.25, 0.3) is 0 Å². The molecule has 0 aliphatic rings. The number of aromatic nitrogens is 2. The first-order valence-electron chi connectivity index (χ1n) is 6.04. The van der Waals surface area contributed by atoms with Crippen molar-refractivity contribution in [3.63, 3.8) is 0 Å². The Balaban J connectivity index is 2.17. The van der Waals surface area contributed by atoms with Gasteiger partial charge in [0.2, 0.25) is 5.95 Å². The number of aryl methyl sites for hydroxylation is 1. The normalized spacial score (nSPS) is 10.2. The van der Waals surface area contributed by atoms with Gasteiger partial charge in [0.05, 0.1) is 5.56 Å². The van der Waals surface area contributed by atoms with E-state index >= 15 is 0 Å². The number of hydrogen-bond acceptors (Lipinski definition) is 4. The molecule has 0 aliphatic heterocycles. The number of nitrogens with zero attached hydrogens (tertiary/aromatic N) is 3. The molecule has 0 fully saturated rings. The molecule has 0 bridgehead atoms. The summed E-state index contributed by atoms with van der Waals surface area (Å²) in [5, 5.41) is 3.37. The summed E-state index contributed by atoms with van der Waals surface area (Å²) in [6, 6.07) is 5.34. The summed E-state index contributed by atoms with van der Waals surface area (Å²) in [6.45, 7) is 1.90. The van der Waals surface area contributed by atoms with Gasteiger partial charge in [0.25, 0.3) is 5.91 Å². The van der Waals surface area contributed by atoms with Gasteiger partial charge in [0.1, 0.15) is 0 Å². The van der Waals surface area contributed by atoms with Crippen LogP contribution < -0.4 is 10.2 Å². The number of amides is 1. The Bertz CT molecular complexity index is 626. The van der Waals surface area contributed by atoms with Crippen LogP contribution in [0.3, 0.4) is 0 Å². The molecule has 0 saturated heterocycles. The first kappa shape index (κ1) is 14.3. The van der Waals surface area contributed by atoms with Gasteiger partial charge in [-0.15, -0.1) is 0 Å². The Morgan fingerprint density at radius 3 is 2.50 bits per heavy atom. The van der Waals surface area contributed by atoms with Gasteiger partial charge in [-0.2, -0.15) is 0 Å². The molecule has 1 amide bonds. The van der Waals surface area contributed by atoms with Crippen LogP contribution in [-0.4, -0.2) is 30.0 Å². The van der Waals surface area contributed by atoms with Crippen molar-refractivity contribution in [3.8, 4) is 0 Å². The zero-order valence-electron chi connectivity index (χ0n) is 11.5. The minimum absolute atomic E-state index is 0.263. The minimum Gasteiger partial charge on any atom is -0.347 e. The molecular weight excluding hydrogens is 276 g/mol. The maximum atomic E-state index is 12.1. The van der Waals surface area contributed by atoms with E-state index in [0.717, 1.165) is 5.56 Å². The molecule has 2 rings (SSSR count). The number of carbonyl (C=O) groups excluding carboxylic acids is 1. The molecule has 2 aromatic rings. The predicted molar refractivity (Wildman–Crippen MR) is 80.5 cm³/mol. The Kier molecular flexibility index (Phi) is 4.20. The molecule has 1 aromatic carbocycles. The van der Waals surface area contributed by atoms with Crippen LogP contribution in [0.1, 0.15) is 15.9 Å². The first-order valence-corrected chi connectivity index (χ1v) is 6.42. The topological polar surface area (TPSA) is 58.1 Å². The predicted octanol–water partition coefficient (Wildman–Crippen LogP) is 2.76. The third kappa shape index (κ3) is 3.24. The average Bonchev–Trinajstić information content (AvgIpc) is 2.43. The summed E-state index contributed by atoms with van der Waals surface area (Å²) >= 11 is 5.92. The minimum atomic E-state index is -0.263. The molecule has 0 unspecified atom stereocenters. The van der Waals surface area contributed by atoms with Gasteiger partial charge in [-0.05, 0) is 24.6 Å². The second-order valence-corrected chi connectivity index (χ2v) is 5.02. The number of rotatable bonds is 3. The summed E-state index contributed by atoms with van der Waals surface area (Å²) < 4.78 is 0. The van der Waals surface area contributed by atoms with Crippen molar-refractivity contribution in [3.05, 3.63) is 46.7 Å². The molecule has 1 aromatic heterocycles. The molecule has 1 heterocycles. The number of carbonyl (C=O) groups is 1. The van der Waals surface area contributed by atoms with Crippen LogP contribution in [-0.2, 0) is 0 Å². The van der Waals surface area contributed by atoms with Gasteiger partial charge in [-0.25, -0.2) is 9.97 Å². The van der Waals surface area contributed by atoms with E-state index in [-0.39, 0.29) is 5.91 Å². The summed E-state index contributed by atoms with van der Waals surface area (Å²) in [4.78, 5) is 22.1. The second-order valence-electron chi connectivity index (χ2n) is 4.58. The number of halogens is 1. The van der Waals surface area contributed by atoms with Crippen LogP contribution in [0, 0.1) is 6.92 Å². The molecule has 5 nitrogen and oxygen atoms in total. The zero-order valence-corrected chi connectivity index (χ0v) is 12.3. The lowest BCUT2D eigenvalue weighted by molar-refractivity contribution is 0.102. The molecule has 0 saturated carbocycles. The fourth-order valence-electron chi connectivity index (χ4n) is 1.59. The van der Waals surface area contributed by atoms with Gasteiger partial charge < -0.3 is 10.2 Å². The largest absolute Gasteiger partial charge is 0.347 e. The number of anilines is 2. The summed E-state index contributed by atoms with van der Waals surface area (Å²) in [5.41, 5.74) is 2.02. The van der Waals surface area contributed by atoms with Gasteiger partial charge in [-0.3, -0.25) is 4.79 Å². The van der Waals surface area contributed by atoms with Gasteiger partial charge >= 0.3 is 0 Å². The number of nitrogens with one attached hydrogen (secondary N) is 1. The van der Waals surface area contributed by atoms with Crippen LogP contribution in [0.15, 0.2) is 30.6 Å². The molecule has 0 radical (unpaired) electrons. The molecule has 20 heavy (non-hydrogen) atoms. The van der Waals surface area contributed by atoms with Gasteiger partial charge in [0.15, 0.2) is 0 Å². The summed E-state index contributed by atoms with van der Waals surface area (Å²) in [6.07, 6.45) is 3.00. The molecule has 104 valence electrons. The van der Waals surface area contributed by atoms with Crippen molar-refractivity contribution in [2.75, 3.05) is 24.3 Å².